The number of methoxy groups -OCH3 is 1. The lowest BCUT2D eigenvalue weighted by molar-refractivity contribution is -0.0575. The van der Waals surface area contributed by atoms with Crippen LogP contribution in [0.25, 0.3) is 0 Å². The highest BCUT2D eigenvalue weighted by atomic mass is 16.5. The summed E-state index contributed by atoms with van der Waals surface area (Å²) in [5.74, 6) is 1.88. The molecule has 1 aliphatic carbocycles. The summed E-state index contributed by atoms with van der Waals surface area (Å²) in [6.07, 6.45) is 3.43. The van der Waals surface area contributed by atoms with Gasteiger partial charge in [0, 0.05) is 18.7 Å². The second-order valence-corrected chi connectivity index (χ2v) is 7.93. The molecule has 27 heavy (non-hydrogen) atoms. The number of hydrogen-bond acceptors (Lipinski definition) is 3. The quantitative estimate of drug-likeness (QED) is 0.899. The molecule has 2 aromatic carbocycles. The zero-order valence-corrected chi connectivity index (χ0v) is 15.8. The van der Waals surface area contributed by atoms with Gasteiger partial charge in [-0.1, -0.05) is 30.3 Å². The van der Waals surface area contributed by atoms with Gasteiger partial charge in [0.1, 0.15) is 5.75 Å². The number of fused-ring (bicyclic) bond motifs is 1. The van der Waals surface area contributed by atoms with Gasteiger partial charge in [0.25, 0.3) is 5.91 Å². The van der Waals surface area contributed by atoms with E-state index < -0.39 is 5.60 Å². The number of carbonyl (C=O) groups is 1. The first-order chi connectivity index (χ1) is 13.1. The van der Waals surface area contributed by atoms with Gasteiger partial charge in [0.2, 0.25) is 0 Å². The first kappa shape index (κ1) is 18.1. The molecular formula is C23H27NO3. The summed E-state index contributed by atoms with van der Waals surface area (Å²) in [7, 11) is 1.65. The fourth-order valence-corrected chi connectivity index (χ4v) is 4.75. The van der Waals surface area contributed by atoms with Crippen LogP contribution in [0.5, 0.6) is 5.75 Å². The fraction of sp³-hybridized carbons (Fsp3) is 0.435. The van der Waals surface area contributed by atoms with Crippen molar-refractivity contribution in [2.75, 3.05) is 20.2 Å². The van der Waals surface area contributed by atoms with E-state index in [1.165, 1.54) is 0 Å². The third kappa shape index (κ3) is 3.59. The minimum atomic E-state index is -0.765. The van der Waals surface area contributed by atoms with Crippen molar-refractivity contribution < 1.29 is 14.6 Å². The Labute approximate surface area is 160 Å². The maximum absolute atomic E-state index is 12.7. The van der Waals surface area contributed by atoms with Crippen molar-refractivity contribution in [2.24, 2.45) is 11.8 Å². The van der Waals surface area contributed by atoms with Gasteiger partial charge in [-0.25, -0.2) is 0 Å². The molecule has 1 heterocycles. The maximum Gasteiger partial charge on any atom is 0.253 e. The summed E-state index contributed by atoms with van der Waals surface area (Å²) < 4.78 is 5.23. The summed E-state index contributed by atoms with van der Waals surface area (Å²) in [5, 5.41) is 11.3. The van der Waals surface area contributed by atoms with Crippen LogP contribution in [-0.4, -0.2) is 36.1 Å². The lowest BCUT2D eigenvalue weighted by Crippen LogP contribution is -2.48. The highest BCUT2D eigenvalue weighted by molar-refractivity contribution is 5.94. The molecule has 2 aromatic rings. The number of ether oxygens (including phenoxy) is 1. The molecule has 4 rings (SSSR count). The molecule has 1 amide bonds. The molecule has 2 fully saturated rings. The van der Waals surface area contributed by atoms with Crippen molar-refractivity contribution in [3.8, 4) is 5.75 Å². The monoisotopic (exact) mass is 365 g/mol. The third-order valence-corrected chi connectivity index (χ3v) is 6.36. The van der Waals surface area contributed by atoms with E-state index >= 15 is 0 Å². The zero-order valence-electron chi connectivity index (χ0n) is 15.8. The Morgan fingerprint density at radius 1 is 1.07 bits per heavy atom. The van der Waals surface area contributed by atoms with Crippen LogP contribution in [0.15, 0.2) is 54.6 Å². The van der Waals surface area contributed by atoms with Crippen LogP contribution in [0, 0.1) is 11.8 Å². The van der Waals surface area contributed by atoms with Crippen LogP contribution in [-0.2, 0) is 5.60 Å². The van der Waals surface area contributed by atoms with E-state index in [-0.39, 0.29) is 5.91 Å². The molecule has 2 aliphatic rings. The van der Waals surface area contributed by atoms with E-state index in [1.807, 2.05) is 59.5 Å². The Kier molecular flexibility index (Phi) is 4.92. The number of likely N-dealkylation sites (tertiary alicyclic amines) is 1. The Morgan fingerprint density at radius 2 is 1.81 bits per heavy atom. The van der Waals surface area contributed by atoms with E-state index in [0.717, 1.165) is 55.6 Å². The Balaban J connectivity index is 1.43. The van der Waals surface area contributed by atoms with Crippen molar-refractivity contribution in [1.82, 2.24) is 4.90 Å². The normalized spacial score (nSPS) is 27.7. The lowest BCUT2D eigenvalue weighted by Gasteiger charge is -2.47. The molecule has 1 N–H and O–H groups in total. The fourth-order valence-electron chi connectivity index (χ4n) is 4.75. The molecule has 0 bridgehead atoms. The maximum atomic E-state index is 12.7. The summed E-state index contributed by atoms with van der Waals surface area (Å²) in [5.41, 5.74) is 0.977. The van der Waals surface area contributed by atoms with Gasteiger partial charge in [-0.2, -0.15) is 0 Å². The van der Waals surface area contributed by atoms with Gasteiger partial charge >= 0.3 is 0 Å². The molecule has 0 radical (unpaired) electrons. The van der Waals surface area contributed by atoms with Crippen molar-refractivity contribution >= 4 is 5.91 Å². The lowest BCUT2D eigenvalue weighted by atomic mass is 9.66. The van der Waals surface area contributed by atoms with Gasteiger partial charge in [-0.3, -0.25) is 4.79 Å². The van der Waals surface area contributed by atoms with Gasteiger partial charge in [-0.05, 0) is 67.3 Å². The second kappa shape index (κ2) is 7.35. The van der Waals surface area contributed by atoms with Crippen molar-refractivity contribution in [2.45, 2.75) is 31.3 Å². The first-order valence-corrected chi connectivity index (χ1v) is 9.80. The molecule has 0 aromatic heterocycles. The van der Waals surface area contributed by atoms with Gasteiger partial charge in [-0.15, -0.1) is 0 Å². The summed E-state index contributed by atoms with van der Waals surface area (Å²) in [4.78, 5) is 14.7. The Bertz CT molecular complexity index is 789. The predicted molar refractivity (Wildman–Crippen MR) is 105 cm³/mol. The second-order valence-electron chi connectivity index (χ2n) is 7.93. The molecule has 3 atom stereocenters. The highest BCUT2D eigenvalue weighted by Gasteiger charge is 2.43. The number of hydrogen-bond donors (Lipinski definition) is 1. The minimum absolute atomic E-state index is 0.130. The Hall–Kier alpha value is -2.33. The van der Waals surface area contributed by atoms with E-state index in [2.05, 4.69) is 0 Å². The van der Waals surface area contributed by atoms with Crippen LogP contribution in [0.4, 0.5) is 0 Å². The Morgan fingerprint density at radius 3 is 2.52 bits per heavy atom. The standard InChI is InChI=1S/C23H27NO3/c1-27-21-9-7-20(8-10-21)23(26)13-11-19-16-24(14-12-18(19)15-23)22(25)17-5-3-2-4-6-17/h2-10,18-19,26H,11-16H2,1H3/t18-,19+,23?/m0/s1. The molecule has 0 spiro atoms. The minimum Gasteiger partial charge on any atom is -0.497 e. The van der Waals surface area contributed by atoms with Crippen LogP contribution in [0.2, 0.25) is 0 Å². The molecule has 1 saturated carbocycles. The average Bonchev–Trinajstić information content (AvgIpc) is 2.73. The number of piperidine rings is 1. The third-order valence-electron chi connectivity index (χ3n) is 6.36. The molecule has 4 heteroatoms. The summed E-state index contributed by atoms with van der Waals surface area (Å²) in [6.45, 7) is 1.57. The number of aliphatic hydroxyl groups is 1. The smallest absolute Gasteiger partial charge is 0.253 e. The summed E-state index contributed by atoms with van der Waals surface area (Å²) >= 11 is 0. The molecule has 1 aliphatic heterocycles. The topological polar surface area (TPSA) is 49.8 Å². The average molecular weight is 365 g/mol. The molecule has 142 valence electrons. The number of rotatable bonds is 3. The number of amides is 1. The van der Waals surface area contributed by atoms with E-state index in [0.29, 0.717) is 11.8 Å². The van der Waals surface area contributed by atoms with Gasteiger partial charge in [0.05, 0.1) is 12.7 Å². The van der Waals surface area contributed by atoms with Crippen LogP contribution in [0.3, 0.4) is 0 Å². The molecule has 1 saturated heterocycles. The SMILES string of the molecule is COc1ccc(C2(O)CC[C@@H]3CN(C(=O)c4ccccc4)CC[C@H]3C2)cc1. The van der Waals surface area contributed by atoms with Crippen molar-refractivity contribution in [3.63, 3.8) is 0 Å². The molecular weight excluding hydrogens is 338 g/mol. The van der Waals surface area contributed by atoms with Gasteiger partial charge < -0.3 is 14.7 Å². The zero-order chi connectivity index (χ0) is 18.9. The van der Waals surface area contributed by atoms with E-state index in [4.69, 9.17) is 4.74 Å². The molecule has 1 unspecified atom stereocenters. The number of benzene rings is 2. The van der Waals surface area contributed by atoms with Gasteiger partial charge in [0.15, 0.2) is 0 Å². The predicted octanol–water partition coefficient (Wildman–Crippen LogP) is 3.85. The van der Waals surface area contributed by atoms with Crippen LogP contribution in [0.1, 0.15) is 41.6 Å². The summed E-state index contributed by atoms with van der Waals surface area (Å²) in [6, 6.07) is 17.3. The largest absolute Gasteiger partial charge is 0.497 e. The molecule has 4 nitrogen and oxygen atoms in total. The van der Waals surface area contributed by atoms with Crippen molar-refractivity contribution in [3.05, 3.63) is 65.7 Å². The first-order valence-electron chi connectivity index (χ1n) is 9.80. The van der Waals surface area contributed by atoms with Crippen LogP contribution >= 0.6 is 0 Å². The number of nitrogens with zero attached hydrogens (tertiary/aromatic N) is 1. The number of carbonyl (C=O) groups excluding carboxylic acids is 1. The van der Waals surface area contributed by atoms with Crippen molar-refractivity contribution in [1.29, 1.82) is 0 Å². The van der Waals surface area contributed by atoms with E-state index in [9.17, 15) is 9.90 Å². The highest BCUT2D eigenvalue weighted by Crippen LogP contribution is 2.46. The van der Waals surface area contributed by atoms with Crippen LogP contribution < -0.4 is 4.74 Å². The van der Waals surface area contributed by atoms with E-state index in [1.54, 1.807) is 7.11 Å².